The highest BCUT2D eigenvalue weighted by Crippen LogP contribution is 2.35. The summed E-state index contributed by atoms with van der Waals surface area (Å²) in [6.45, 7) is 9.19. The smallest absolute Gasteiger partial charge is 0.167 e. The van der Waals surface area contributed by atoms with E-state index >= 15 is 0 Å². The summed E-state index contributed by atoms with van der Waals surface area (Å²) >= 11 is 0. The lowest BCUT2D eigenvalue weighted by atomic mass is 10.1. The fourth-order valence-corrected chi connectivity index (χ4v) is 3.87. The lowest BCUT2D eigenvalue weighted by Crippen LogP contribution is -2.02. The first kappa shape index (κ1) is 25.0. The Morgan fingerprint density at radius 1 is 0.611 bits per heavy atom. The maximum Gasteiger partial charge on any atom is 0.167 e. The van der Waals surface area contributed by atoms with Gasteiger partial charge in [-0.15, -0.1) is 0 Å². The fraction of sp³-hybridized carbons (Fsp3) is 0.276. The molecule has 0 saturated heterocycles. The average Bonchev–Trinajstić information content (AvgIpc) is 2.85. The van der Waals surface area contributed by atoms with Crippen LogP contribution in [0.3, 0.4) is 0 Å². The minimum Gasteiger partial charge on any atom is -0.507 e. The average molecular weight is 486 g/mol. The fourth-order valence-electron chi connectivity index (χ4n) is 3.87. The standard InChI is InChI=1S/C29H31N3O4/c1-5-11-35-21-7-9-23(25(33)16-21)28-30-27(20-14-18(3)13-19(4)15-20)31-29(32-28)24-10-8-22(17-26(24)34)36-12-6-2/h7-10,13-17,33-34H,5-6,11-12H2,1-4H3. The van der Waals surface area contributed by atoms with Crippen LogP contribution in [0.2, 0.25) is 0 Å². The maximum atomic E-state index is 10.8. The van der Waals surface area contributed by atoms with Crippen molar-refractivity contribution in [2.45, 2.75) is 40.5 Å². The van der Waals surface area contributed by atoms with Gasteiger partial charge in [0.15, 0.2) is 17.5 Å². The van der Waals surface area contributed by atoms with E-state index in [0.717, 1.165) is 29.5 Å². The number of ether oxygens (including phenoxy) is 2. The number of phenols is 2. The predicted molar refractivity (Wildman–Crippen MR) is 141 cm³/mol. The summed E-state index contributed by atoms with van der Waals surface area (Å²) < 4.78 is 11.3. The zero-order chi connectivity index (χ0) is 25.7. The molecule has 3 aromatic carbocycles. The third-order valence-electron chi connectivity index (χ3n) is 5.48. The van der Waals surface area contributed by atoms with Gasteiger partial charge in [0.25, 0.3) is 0 Å². The second kappa shape index (κ2) is 11.1. The van der Waals surface area contributed by atoms with E-state index in [9.17, 15) is 10.2 Å². The number of rotatable bonds is 9. The number of aromatic hydroxyl groups is 2. The van der Waals surface area contributed by atoms with E-state index < -0.39 is 0 Å². The molecule has 36 heavy (non-hydrogen) atoms. The van der Waals surface area contributed by atoms with Gasteiger partial charge >= 0.3 is 0 Å². The van der Waals surface area contributed by atoms with Crippen molar-refractivity contribution < 1.29 is 19.7 Å². The van der Waals surface area contributed by atoms with Crippen molar-refractivity contribution in [2.24, 2.45) is 0 Å². The SMILES string of the molecule is CCCOc1ccc(-c2nc(-c3cc(C)cc(C)c3)nc(-c3ccc(OCCC)cc3O)n2)c(O)c1. The van der Waals surface area contributed by atoms with Gasteiger partial charge in [0.1, 0.15) is 23.0 Å². The van der Waals surface area contributed by atoms with Crippen LogP contribution >= 0.6 is 0 Å². The summed E-state index contributed by atoms with van der Waals surface area (Å²) in [7, 11) is 0. The lowest BCUT2D eigenvalue weighted by Gasteiger charge is -2.12. The summed E-state index contributed by atoms with van der Waals surface area (Å²) in [5, 5.41) is 21.6. The highest BCUT2D eigenvalue weighted by atomic mass is 16.5. The van der Waals surface area contributed by atoms with E-state index in [1.54, 1.807) is 36.4 Å². The summed E-state index contributed by atoms with van der Waals surface area (Å²) in [5.74, 6) is 2.17. The van der Waals surface area contributed by atoms with Crippen molar-refractivity contribution in [1.29, 1.82) is 0 Å². The van der Waals surface area contributed by atoms with Crippen LogP contribution < -0.4 is 9.47 Å². The Hall–Kier alpha value is -4.13. The number of nitrogens with zero attached hydrogens (tertiary/aromatic N) is 3. The second-order valence-electron chi connectivity index (χ2n) is 8.74. The summed E-state index contributed by atoms with van der Waals surface area (Å²) in [5.41, 5.74) is 3.86. The molecule has 0 aliphatic heterocycles. The Balaban J connectivity index is 1.85. The molecule has 4 aromatic rings. The molecule has 1 heterocycles. The Kier molecular flexibility index (Phi) is 7.68. The van der Waals surface area contributed by atoms with Gasteiger partial charge in [-0.3, -0.25) is 0 Å². The zero-order valence-electron chi connectivity index (χ0n) is 21.1. The van der Waals surface area contributed by atoms with E-state index in [0.29, 0.717) is 53.3 Å². The normalized spacial score (nSPS) is 10.9. The van der Waals surface area contributed by atoms with Crippen molar-refractivity contribution in [3.05, 3.63) is 65.7 Å². The molecule has 0 fully saturated rings. The van der Waals surface area contributed by atoms with Crippen LogP contribution in [-0.2, 0) is 0 Å². The van der Waals surface area contributed by atoms with Gasteiger partial charge in [-0.05, 0) is 63.1 Å². The van der Waals surface area contributed by atoms with Crippen molar-refractivity contribution in [1.82, 2.24) is 15.0 Å². The van der Waals surface area contributed by atoms with Crippen LogP contribution in [0, 0.1) is 13.8 Å². The van der Waals surface area contributed by atoms with Gasteiger partial charge in [-0.1, -0.05) is 31.0 Å². The van der Waals surface area contributed by atoms with Gasteiger partial charge in [0.05, 0.1) is 24.3 Å². The van der Waals surface area contributed by atoms with Crippen molar-refractivity contribution in [3.8, 4) is 57.2 Å². The predicted octanol–water partition coefficient (Wildman–Crippen LogP) is 6.48. The summed E-state index contributed by atoms with van der Waals surface area (Å²) in [6.07, 6.45) is 1.73. The minimum absolute atomic E-state index is 0.000314. The maximum absolute atomic E-state index is 10.8. The third-order valence-corrected chi connectivity index (χ3v) is 5.48. The highest BCUT2D eigenvalue weighted by Gasteiger charge is 2.18. The first-order valence-corrected chi connectivity index (χ1v) is 12.1. The zero-order valence-corrected chi connectivity index (χ0v) is 21.1. The summed E-state index contributed by atoms with van der Waals surface area (Å²) in [6, 6.07) is 16.2. The molecule has 0 bridgehead atoms. The third kappa shape index (κ3) is 5.74. The number of aromatic nitrogens is 3. The van der Waals surface area contributed by atoms with Gasteiger partial charge < -0.3 is 19.7 Å². The van der Waals surface area contributed by atoms with Gasteiger partial charge in [0.2, 0.25) is 0 Å². The molecule has 2 N–H and O–H groups in total. The molecule has 0 radical (unpaired) electrons. The number of hydrogen-bond acceptors (Lipinski definition) is 7. The molecule has 0 unspecified atom stereocenters. The van der Waals surface area contributed by atoms with Crippen LogP contribution in [0.4, 0.5) is 0 Å². The molecule has 0 aliphatic rings. The number of phenolic OH excluding ortho intramolecular Hbond substituents is 2. The largest absolute Gasteiger partial charge is 0.507 e. The molecule has 0 aliphatic carbocycles. The van der Waals surface area contributed by atoms with E-state index in [4.69, 9.17) is 19.4 Å². The molecule has 7 nitrogen and oxygen atoms in total. The molecule has 0 atom stereocenters. The van der Waals surface area contributed by atoms with Crippen LogP contribution in [0.25, 0.3) is 34.2 Å². The molecule has 0 saturated carbocycles. The van der Waals surface area contributed by atoms with Crippen LogP contribution in [-0.4, -0.2) is 38.4 Å². The van der Waals surface area contributed by atoms with Gasteiger partial charge in [-0.25, -0.2) is 15.0 Å². The van der Waals surface area contributed by atoms with Crippen molar-refractivity contribution in [3.63, 3.8) is 0 Å². The van der Waals surface area contributed by atoms with E-state index in [1.807, 2.05) is 39.8 Å². The molecule has 0 spiro atoms. The van der Waals surface area contributed by atoms with Gasteiger partial charge in [-0.2, -0.15) is 0 Å². The molecule has 4 rings (SSSR count). The molecule has 0 amide bonds. The Morgan fingerprint density at radius 3 is 1.47 bits per heavy atom. The van der Waals surface area contributed by atoms with Crippen LogP contribution in [0.1, 0.15) is 37.8 Å². The number of aryl methyl sites for hydroxylation is 2. The lowest BCUT2D eigenvalue weighted by molar-refractivity contribution is 0.315. The Labute approximate surface area is 211 Å². The molecule has 186 valence electrons. The minimum atomic E-state index is -0.000314. The van der Waals surface area contributed by atoms with E-state index in [-0.39, 0.29) is 11.5 Å². The topological polar surface area (TPSA) is 97.6 Å². The quantitative estimate of drug-likeness (QED) is 0.280. The molecule has 1 aromatic heterocycles. The van der Waals surface area contributed by atoms with Crippen molar-refractivity contribution >= 4 is 0 Å². The molecule has 7 heteroatoms. The van der Waals surface area contributed by atoms with Gasteiger partial charge in [0, 0.05) is 17.7 Å². The Bertz CT molecular complexity index is 1270. The monoisotopic (exact) mass is 485 g/mol. The molecular formula is C29H31N3O4. The van der Waals surface area contributed by atoms with E-state index in [1.165, 1.54) is 0 Å². The van der Waals surface area contributed by atoms with Crippen molar-refractivity contribution in [2.75, 3.05) is 13.2 Å². The number of hydrogen-bond donors (Lipinski definition) is 2. The first-order valence-electron chi connectivity index (χ1n) is 12.1. The first-order chi connectivity index (χ1) is 17.4. The van der Waals surface area contributed by atoms with Crippen LogP contribution in [0.15, 0.2) is 54.6 Å². The summed E-state index contributed by atoms with van der Waals surface area (Å²) in [4.78, 5) is 14.0. The highest BCUT2D eigenvalue weighted by molar-refractivity contribution is 5.73. The van der Waals surface area contributed by atoms with E-state index in [2.05, 4.69) is 11.1 Å². The Morgan fingerprint density at radius 2 is 1.06 bits per heavy atom. The number of benzene rings is 3. The van der Waals surface area contributed by atoms with Crippen LogP contribution in [0.5, 0.6) is 23.0 Å². The molecular weight excluding hydrogens is 454 g/mol. The second-order valence-corrected chi connectivity index (χ2v) is 8.74.